The number of benzene rings is 1. The lowest BCUT2D eigenvalue weighted by Gasteiger charge is -2.22. The van der Waals surface area contributed by atoms with E-state index in [0.29, 0.717) is 19.6 Å². The van der Waals surface area contributed by atoms with E-state index in [-0.39, 0.29) is 16.9 Å². The van der Waals surface area contributed by atoms with Crippen LogP contribution >= 0.6 is 0 Å². The summed E-state index contributed by atoms with van der Waals surface area (Å²) in [6, 6.07) is 4.62. The molecule has 1 fully saturated rings. The molecule has 1 amide bonds. The Morgan fingerprint density at radius 2 is 2.28 bits per heavy atom. The molecule has 1 heterocycles. The Morgan fingerprint density at radius 3 is 2.89 bits per heavy atom. The first kappa shape index (κ1) is 13.0. The van der Waals surface area contributed by atoms with Crippen LogP contribution in [0.25, 0.3) is 0 Å². The topological polar surface area (TPSA) is 46.3 Å². The second-order valence-corrected chi connectivity index (χ2v) is 5.47. The molecule has 1 aromatic carbocycles. The quantitative estimate of drug-likeness (QED) is 0.872. The second-order valence-electron chi connectivity index (χ2n) is 5.47. The summed E-state index contributed by atoms with van der Waals surface area (Å²) in [5.41, 5.74) is 6.73. The van der Waals surface area contributed by atoms with Gasteiger partial charge in [-0.15, -0.1) is 0 Å². The first-order chi connectivity index (χ1) is 8.45. The number of hydrogen-bond donors (Lipinski definition) is 1. The molecule has 2 rings (SSSR count). The lowest BCUT2D eigenvalue weighted by Crippen LogP contribution is -2.34. The van der Waals surface area contributed by atoms with Gasteiger partial charge in [0.25, 0.3) is 5.91 Å². The number of halogens is 1. The van der Waals surface area contributed by atoms with E-state index in [1.54, 1.807) is 17.0 Å². The van der Waals surface area contributed by atoms with Crippen LogP contribution in [0, 0.1) is 18.2 Å². The zero-order chi connectivity index (χ0) is 13.3. The summed E-state index contributed by atoms with van der Waals surface area (Å²) in [5.74, 6) is -0.680. The molecule has 1 atom stereocenters. The van der Waals surface area contributed by atoms with Crippen LogP contribution in [-0.2, 0) is 0 Å². The van der Waals surface area contributed by atoms with Crippen molar-refractivity contribution >= 4 is 5.91 Å². The van der Waals surface area contributed by atoms with Gasteiger partial charge >= 0.3 is 0 Å². The van der Waals surface area contributed by atoms with Gasteiger partial charge in [0, 0.05) is 13.1 Å². The zero-order valence-electron chi connectivity index (χ0n) is 10.9. The van der Waals surface area contributed by atoms with Gasteiger partial charge in [-0.1, -0.05) is 18.6 Å². The number of nitrogens with two attached hydrogens (primary N) is 1. The van der Waals surface area contributed by atoms with Gasteiger partial charge in [0.2, 0.25) is 0 Å². The third-order valence-electron chi connectivity index (χ3n) is 3.69. The van der Waals surface area contributed by atoms with Gasteiger partial charge in [-0.25, -0.2) is 4.39 Å². The smallest absolute Gasteiger partial charge is 0.256 e. The van der Waals surface area contributed by atoms with Crippen molar-refractivity contribution in [3.63, 3.8) is 0 Å². The Morgan fingerprint density at radius 1 is 1.56 bits per heavy atom. The molecular formula is C14H19FN2O. The van der Waals surface area contributed by atoms with Crippen molar-refractivity contribution in [2.45, 2.75) is 20.3 Å². The highest BCUT2D eigenvalue weighted by Gasteiger charge is 2.35. The SMILES string of the molecule is Cc1ccc(F)c(C(=O)N2CCC(C)(CN)C2)c1. The molecule has 1 saturated heterocycles. The fourth-order valence-electron chi connectivity index (χ4n) is 2.34. The monoisotopic (exact) mass is 250 g/mol. The van der Waals surface area contributed by atoms with Crippen molar-refractivity contribution in [2.24, 2.45) is 11.1 Å². The molecule has 0 aliphatic carbocycles. The maximum absolute atomic E-state index is 13.7. The van der Waals surface area contributed by atoms with Crippen molar-refractivity contribution in [3.8, 4) is 0 Å². The van der Waals surface area contributed by atoms with Crippen LogP contribution in [0.15, 0.2) is 18.2 Å². The summed E-state index contributed by atoms with van der Waals surface area (Å²) in [6.45, 7) is 5.72. The first-order valence-electron chi connectivity index (χ1n) is 6.21. The van der Waals surface area contributed by atoms with E-state index in [2.05, 4.69) is 6.92 Å². The van der Waals surface area contributed by atoms with Crippen molar-refractivity contribution in [2.75, 3.05) is 19.6 Å². The Balaban J connectivity index is 2.20. The second kappa shape index (κ2) is 4.69. The minimum atomic E-state index is -0.452. The number of likely N-dealkylation sites (tertiary alicyclic amines) is 1. The van der Waals surface area contributed by atoms with Crippen molar-refractivity contribution in [1.29, 1.82) is 0 Å². The van der Waals surface area contributed by atoms with Crippen LogP contribution in [0.4, 0.5) is 4.39 Å². The summed E-state index contributed by atoms with van der Waals surface area (Å²) < 4.78 is 13.7. The predicted molar refractivity (Wildman–Crippen MR) is 68.8 cm³/mol. The molecule has 1 aliphatic rings. The summed E-state index contributed by atoms with van der Waals surface area (Å²) in [4.78, 5) is 14.0. The molecule has 18 heavy (non-hydrogen) atoms. The van der Waals surface area contributed by atoms with Crippen LogP contribution in [0.3, 0.4) is 0 Å². The number of hydrogen-bond acceptors (Lipinski definition) is 2. The molecule has 0 saturated carbocycles. The van der Waals surface area contributed by atoms with E-state index in [1.807, 2.05) is 6.92 Å². The lowest BCUT2D eigenvalue weighted by atomic mass is 9.90. The van der Waals surface area contributed by atoms with Crippen molar-refractivity contribution in [1.82, 2.24) is 4.90 Å². The number of rotatable bonds is 2. The molecule has 98 valence electrons. The van der Waals surface area contributed by atoms with Crippen molar-refractivity contribution < 1.29 is 9.18 Å². The standard InChI is InChI=1S/C14H19FN2O/c1-10-3-4-12(15)11(7-10)13(18)17-6-5-14(2,8-16)9-17/h3-4,7H,5-6,8-9,16H2,1-2H3. The van der Waals surface area contributed by atoms with Gasteiger partial charge in [-0.2, -0.15) is 0 Å². The van der Waals surface area contributed by atoms with Crippen LogP contribution in [0.2, 0.25) is 0 Å². The first-order valence-corrected chi connectivity index (χ1v) is 6.21. The summed E-state index contributed by atoms with van der Waals surface area (Å²) in [7, 11) is 0. The largest absolute Gasteiger partial charge is 0.338 e. The summed E-state index contributed by atoms with van der Waals surface area (Å²) >= 11 is 0. The zero-order valence-corrected chi connectivity index (χ0v) is 10.9. The molecule has 3 nitrogen and oxygen atoms in total. The average molecular weight is 250 g/mol. The fourth-order valence-corrected chi connectivity index (χ4v) is 2.34. The summed E-state index contributed by atoms with van der Waals surface area (Å²) in [6.07, 6.45) is 0.878. The Hall–Kier alpha value is -1.42. The maximum atomic E-state index is 13.7. The van der Waals surface area contributed by atoms with Gasteiger partial charge in [-0.05, 0) is 37.4 Å². The number of carbonyl (C=O) groups excluding carboxylic acids is 1. The maximum Gasteiger partial charge on any atom is 0.256 e. The number of carbonyl (C=O) groups is 1. The van der Waals surface area contributed by atoms with E-state index >= 15 is 0 Å². The lowest BCUT2D eigenvalue weighted by molar-refractivity contribution is 0.0772. The summed E-state index contributed by atoms with van der Waals surface area (Å²) in [5, 5.41) is 0. The van der Waals surface area contributed by atoms with Crippen LogP contribution < -0.4 is 5.73 Å². The molecular weight excluding hydrogens is 231 g/mol. The third-order valence-corrected chi connectivity index (χ3v) is 3.69. The molecule has 1 unspecified atom stereocenters. The normalized spacial score (nSPS) is 23.4. The highest BCUT2D eigenvalue weighted by Crippen LogP contribution is 2.29. The Bertz CT molecular complexity index is 475. The molecule has 0 aromatic heterocycles. The van der Waals surface area contributed by atoms with Gasteiger partial charge in [-0.3, -0.25) is 4.79 Å². The van der Waals surface area contributed by atoms with Crippen molar-refractivity contribution in [3.05, 3.63) is 35.1 Å². The Labute approximate surface area is 107 Å². The number of aryl methyl sites for hydroxylation is 1. The van der Waals surface area contributed by atoms with E-state index < -0.39 is 5.82 Å². The molecule has 0 radical (unpaired) electrons. The number of nitrogens with zero attached hydrogens (tertiary/aromatic N) is 1. The average Bonchev–Trinajstić information content (AvgIpc) is 2.75. The van der Waals surface area contributed by atoms with Crippen LogP contribution in [0.5, 0.6) is 0 Å². The van der Waals surface area contributed by atoms with Gasteiger partial charge in [0.05, 0.1) is 5.56 Å². The number of amides is 1. The Kier molecular flexibility index (Phi) is 3.39. The van der Waals surface area contributed by atoms with Crippen LogP contribution in [0.1, 0.15) is 29.3 Å². The van der Waals surface area contributed by atoms with Gasteiger partial charge in [0.15, 0.2) is 0 Å². The minimum absolute atomic E-state index is 0.0318. The minimum Gasteiger partial charge on any atom is -0.338 e. The molecule has 0 spiro atoms. The highest BCUT2D eigenvalue weighted by molar-refractivity contribution is 5.94. The predicted octanol–water partition coefficient (Wildman–Crippen LogP) is 1.95. The molecule has 1 aromatic rings. The van der Waals surface area contributed by atoms with Gasteiger partial charge in [0.1, 0.15) is 5.82 Å². The highest BCUT2D eigenvalue weighted by atomic mass is 19.1. The van der Waals surface area contributed by atoms with Crippen LogP contribution in [-0.4, -0.2) is 30.4 Å². The molecule has 2 N–H and O–H groups in total. The van der Waals surface area contributed by atoms with E-state index in [0.717, 1.165) is 12.0 Å². The molecule has 0 bridgehead atoms. The van der Waals surface area contributed by atoms with E-state index in [4.69, 9.17) is 5.73 Å². The third kappa shape index (κ3) is 2.38. The molecule has 1 aliphatic heterocycles. The van der Waals surface area contributed by atoms with E-state index in [1.165, 1.54) is 6.07 Å². The molecule has 4 heteroatoms. The fraction of sp³-hybridized carbons (Fsp3) is 0.500. The van der Waals surface area contributed by atoms with E-state index in [9.17, 15) is 9.18 Å². The van der Waals surface area contributed by atoms with Gasteiger partial charge < -0.3 is 10.6 Å².